The zero-order valence-corrected chi connectivity index (χ0v) is 11.4. The van der Waals surface area contributed by atoms with Crippen molar-refractivity contribution in [3.8, 4) is 0 Å². The Morgan fingerprint density at radius 3 is 2.88 bits per heavy atom. The maximum absolute atomic E-state index is 11.8. The Morgan fingerprint density at radius 2 is 2.41 bits per heavy atom. The zero-order valence-electron chi connectivity index (χ0n) is 10.6. The van der Waals surface area contributed by atoms with Crippen molar-refractivity contribution in [1.29, 1.82) is 0 Å². The van der Waals surface area contributed by atoms with E-state index in [-0.39, 0.29) is 5.97 Å². The summed E-state index contributed by atoms with van der Waals surface area (Å²) in [6, 6.07) is 0. The molecule has 1 aromatic rings. The monoisotopic (exact) mass is 258 g/mol. The number of aromatic nitrogens is 3. The normalized spacial score (nSPS) is 14.4. The van der Waals surface area contributed by atoms with Crippen molar-refractivity contribution in [3.63, 3.8) is 0 Å². The molecule has 7 heteroatoms. The molecule has 96 valence electrons. The lowest BCUT2D eigenvalue weighted by atomic mass is 10.1. The van der Waals surface area contributed by atoms with Crippen LogP contribution in [0.1, 0.15) is 13.8 Å². The van der Waals surface area contributed by atoms with Crippen LogP contribution in [0, 0.1) is 0 Å². The second kappa shape index (κ2) is 6.02. The van der Waals surface area contributed by atoms with Crippen LogP contribution in [0.3, 0.4) is 0 Å². The number of hydrogen-bond acceptors (Lipinski definition) is 6. The molecule has 1 heterocycles. The highest BCUT2D eigenvalue weighted by molar-refractivity contribution is 7.99. The summed E-state index contributed by atoms with van der Waals surface area (Å²) >= 11 is 1.47. The molecule has 0 saturated heterocycles. The molecule has 17 heavy (non-hydrogen) atoms. The fourth-order valence-electron chi connectivity index (χ4n) is 1.14. The maximum Gasteiger partial charge on any atom is 0.326 e. The minimum absolute atomic E-state index is 0.253. The smallest absolute Gasteiger partial charge is 0.326 e. The van der Waals surface area contributed by atoms with Crippen LogP contribution in [0.25, 0.3) is 0 Å². The van der Waals surface area contributed by atoms with Crippen LogP contribution in [-0.2, 0) is 16.6 Å². The van der Waals surface area contributed by atoms with Gasteiger partial charge in [0.05, 0.1) is 6.61 Å². The van der Waals surface area contributed by atoms with Crippen molar-refractivity contribution in [3.05, 3.63) is 6.33 Å². The summed E-state index contributed by atoms with van der Waals surface area (Å²) in [6.07, 6.45) is 1.63. The molecule has 0 radical (unpaired) electrons. The molecule has 0 spiro atoms. The first-order valence-corrected chi connectivity index (χ1v) is 6.35. The second-order valence-electron chi connectivity index (χ2n) is 3.82. The van der Waals surface area contributed by atoms with E-state index in [0.717, 1.165) is 5.16 Å². The molecule has 1 atom stereocenters. The number of likely N-dealkylation sites (N-methyl/N-ethyl adjacent to an activating group) is 1. The van der Waals surface area contributed by atoms with E-state index < -0.39 is 5.54 Å². The van der Waals surface area contributed by atoms with Gasteiger partial charge in [-0.2, -0.15) is 0 Å². The van der Waals surface area contributed by atoms with Gasteiger partial charge in [-0.15, -0.1) is 10.2 Å². The SMILES string of the molecule is CCOC(=O)C(C)(CSc1nncn1C)NC. The molecule has 0 fully saturated rings. The maximum atomic E-state index is 11.8. The molecule has 0 bridgehead atoms. The number of nitrogens with one attached hydrogen (secondary N) is 1. The Labute approximate surface area is 105 Å². The van der Waals surface area contributed by atoms with E-state index in [1.54, 1.807) is 20.3 Å². The Hall–Kier alpha value is -1.08. The molecule has 0 aliphatic rings. The average Bonchev–Trinajstić information content (AvgIpc) is 2.72. The number of ether oxygens (including phenoxy) is 1. The molecule has 0 aromatic carbocycles. The van der Waals surface area contributed by atoms with Crippen LogP contribution >= 0.6 is 11.8 Å². The minimum atomic E-state index is -0.716. The van der Waals surface area contributed by atoms with Gasteiger partial charge < -0.3 is 14.6 Å². The van der Waals surface area contributed by atoms with Crippen LogP contribution < -0.4 is 5.32 Å². The molecular formula is C10H18N4O2S. The van der Waals surface area contributed by atoms with Gasteiger partial charge in [-0.3, -0.25) is 4.79 Å². The number of hydrogen-bond donors (Lipinski definition) is 1. The van der Waals surface area contributed by atoms with Gasteiger partial charge in [-0.05, 0) is 20.9 Å². The Bertz CT molecular complexity index is 382. The van der Waals surface area contributed by atoms with Crippen molar-refractivity contribution in [2.45, 2.75) is 24.5 Å². The fourth-order valence-corrected chi connectivity index (χ4v) is 2.17. The summed E-state index contributed by atoms with van der Waals surface area (Å²) in [6.45, 7) is 3.99. The van der Waals surface area contributed by atoms with Gasteiger partial charge in [0.2, 0.25) is 0 Å². The third-order valence-electron chi connectivity index (χ3n) is 2.44. The number of aryl methyl sites for hydroxylation is 1. The third-order valence-corrected chi connectivity index (χ3v) is 3.79. The quantitative estimate of drug-likeness (QED) is 0.590. The van der Waals surface area contributed by atoms with E-state index in [4.69, 9.17) is 4.74 Å². The average molecular weight is 258 g/mol. The highest BCUT2D eigenvalue weighted by Crippen LogP contribution is 2.20. The summed E-state index contributed by atoms with van der Waals surface area (Å²) < 4.78 is 6.85. The fraction of sp³-hybridized carbons (Fsp3) is 0.700. The van der Waals surface area contributed by atoms with Crippen molar-refractivity contribution in [2.75, 3.05) is 19.4 Å². The molecule has 0 aliphatic heterocycles. The number of rotatable bonds is 6. The number of carbonyl (C=O) groups excluding carboxylic acids is 1. The lowest BCUT2D eigenvalue weighted by molar-refractivity contribution is -0.149. The molecule has 1 unspecified atom stereocenters. The van der Waals surface area contributed by atoms with Gasteiger partial charge in [-0.25, -0.2) is 0 Å². The van der Waals surface area contributed by atoms with E-state index in [1.165, 1.54) is 11.8 Å². The van der Waals surface area contributed by atoms with Gasteiger partial charge in [-0.1, -0.05) is 11.8 Å². The van der Waals surface area contributed by atoms with Crippen molar-refractivity contribution < 1.29 is 9.53 Å². The van der Waals surface area contributed by atoms with Crippen LogP contribution in [0.5, 0.6) is 0 Å². The molecular weight excluding hydrogens is 240 g/mol. The minimum Gasteiger partial charge on any atom is -0.465 e. The van der Waals surface area contributed by atoms with Crippen LogP contribution in [0.2, 0.25) is 0 Å². The van der Waals surface area contributed by atoms with Crippen LogP contribution in [-0.4, -0.2) is 45.7 Å². The van der Waals surface area contributed by atoms with E-state index in [2.05, 4.69) is 15.5 Å². The summed E-state index contributed by atoms with van der Waals surface area (Å²) in [5, 5.41) is 11.5. The molecule has 0 amide bonds. The van der Waals surface area contributed by atoms with Crippen LogP contribution in [0.4, 0.5) is 0 Å². The highest BCUT2D eigenvalue weighted by atomic mass is 32.2. The Balaban J connectivity index is 2.63. The molecule has 6 nitrogen and oxygen atoms in total. The van der Waals surface area contributed by atoms with Gasteiger partial charge >= 0.3 is 5.97 Å². The van der Waals surface area contributed by atoms with Crippen molar-refractivity contribution >= 4 is 17.7 Å². The standard InChI is InChI=1S/C10H18N4O2S/c1-5-16-8(15)10(2,11-3)6-17-9-13-12-7-14(9)4/h7,11H,5-6H2,1-4H3. The van der Waals surface area contributed by atoms with E-state index >= 15 is 0 Å². The lowest BCUT2D eigenvalue weighted by Crippen LogP contribution is -2.50. The summed E-state index contributed by atoms with van der Waals surface area (Å²) in [5.41, 5.74) is -0.716. The molecule has 0 aliphatic carbocycles. The number of nitrogens with zero attached hydrogens (tertiary/aromatic N) is 3. The number of esters is 1. The summed E-state index contributed by atoms with van der Waals surface area (Å²) in [4.78, 5) is 11.8. The van der Waals surface area contributed by atoms with Crippen molar-refractivity contribution in [2.24, 2.45) is 7.05 Å². The first-order chi connectivity index (χ1) is 8.03. The molecule has 0 saturated carbocycles. The van der Waals surface area contributed by atoms with E-state index in [0.29, 0.717) is 12.4 Å². The van der Waals surface area contributed by atoms with E-state index in [9.17, 15) is 4.79 Å². The molecule has 1 aromatic heterocycles. The zero-order chi connectivity index (χ0) is 12.9. The van der Waals surface area contributed by atoms with Gasteiger partial charge in [0.25, 0.3) is 0 Å². The Kier molecular flexibility index (Phi) is 4.95. The van der Waals surface area contributed by atoms with E-state index in [1.807, 2.05) is 18.5 Å². The lowest BCUT2D eigenvalue weighted by Gasteiger charge is -2.25. The van der Waals surface area contributed by atoms with Gasteiger partial charge in [0.15, 0.2) is 5.16 Å². The first kappa shape index (κ1) is 14.0. The predicted octanol–water partition coefficient (Wildman–Crippen LogP) is 0.448. The van der Waals surface area contributed by atoms with Gasteiger partial charge in [0, 0.05) is 12.8 Å². The van der Waals surface area contributed by atoms with Crippen molar-refractivity contribution in [1.82, 2.24) is 20.1 Å². The summed E-state index contributed by atoms with van der Waals surface area (Å²) in [7, 11) is 3.61. The second-order valence-corrected chi connectivity index (χ2v) is 4.76. The topological polar surface area (TPSA) is 69.0 Å². The summed E-state index contributed by atoms with van der Waals surface area (Å²) in [5.74, 6) is 0.284. The van der Waals surface area contributed by atoms with Crippen LogP contribution in [0.15, 0.2) is 11.5 Å². The molecule has 1 N–H and O–H groups in total. The first-order valence-electron chi connectivity index (χ1n) is 5.36. The number of thioether (sulfide) groups is 1. The number of carbonyl (C=O) groups is 1. The highest BCUT2D eigenvalue weighted by Gasteiger charge is 2.33. The molecule has 1 rings (SSSR count). The van der Waals surface area contributed by atoms with Gasteiger partial charge in [0.1, 0.15) is 11.9 Å². The largest absolute Gasteiger partial charge is 0.465 e. The third kappa shape index (κ3) is 3.44. The Morgan fingerprint density at radius 1 is 1.71 bits per heavy atom. The predicted molar refractivity (Wildman–Crippen MR) is 65.8 cm³/mol.